The van der Waals surface area contributed by atoms with Gasteiger partial charge >= 0.3 is 0 Å². The topological polar surface area (TPSA) is 76.7 Å². The number of ether oxygens (including phenoxy) is 2. The molecule has 0 bridgehead atoms. The zero-order valence-corrected chi connectivity index (χ0v) is 16.4. The molecule has 154 valence electrons. The van der Waals surface area contributed by atoms with Crippen LogP contribution in [0.2, 0.25) is 0 Å². The zero-order chi connectivity index (χ0) is 21.3. The highest BCUT2D eigenvalue weighted by Gasteiger charge is 2.14. The molecule has 7 heteroatoms. The van der Waals surface area contributed by atoms with Crippen LogP contribution in [-0.4, -0.2) is 25.5 Å². The summed E-state index contributed by atoms with van der Waals surface area (Å²) in [6.07, 6.45) is 0. The van der Waals surface area contributed by atoms with Gasteiger partial charge in [0.25, 0.3) is 11.8 Å². The van der Waals surface area contributed by atoms with Crippen molar-refractivity contribution < 1.29 is 23.5 Å². The summed E-state index contributed by atoms with van der Waals surface area (Å²) in [5, 5.41) is 5.25. The van der Waals surface area contributed by atoms with E-state index >= 15 is 0 Å². The molecule has 0 spiro atoms. The lowest BCUT2D eigenvalue weighted by atomic mass is 10.1. The van der Waals surface area contributed by atoms with Crippen LogP contribution < -0.4 is 20.1 Å². The zero-order valence-electron chi connectivity index (χ0n) is 16.4. The van der Waals surface area contributed by atoms with Crippen LogP contribution in [0.4, 0.5) is 10.1 Å². The van der Waals surface area contributed by atoms with Crippen molar-refractivity contribution >= 4 is 17.5 Å². The van der Waals surface area contributed by atoms with Crippen molar-refractivity contribution in [3.63, 3.8) is 0 Å². The first-order chi connectivity index (χ1) is 14.6. The summed E-state index contributed by atoms with van der Waals surface area (Å²) in [6.45, 7) is -0.101. The molecule has 2 amide bonds. The molecule has 0 saturated heterocycles. The van der Waals surface area contributed by atoms with Gasteiger partial charge in [0, 0.05) is 12.1 Å². The largest absolute Gasteiger partial charge is 0.496 e. The number of carbonyl (C=O) groups excluding carboxylic acids is 2. The van der Waals surface area contributed by atoms with E-state index in [4.69, 9.17) is 9.47 Å². The van der Waals surface area contributed by atoms with Crippen LogP contribution >= 0.6 is 0 Å². The van der Waals surface area contributed by atoms with Crippen molar-refractivity contribution in [3.8, 4) is 11.5 Å². The van der Waals surface area contributed by atoms with E-state index in [-0.39, 0.29) is 36.1 Å². The van der Waals surface area contributed by atoms with Gasteiger partial charge in [-0.3, -0.25) is 9.59 Å². The number of benzene rings is 3. The van der Waals surface area contributed by atoms with E-state index in [1.165, 1.54) is 18.2 Å². The van der Waals surface area contributed by atoms with E-state index in [1.54, 1.807) is 37.4 Å². The molecule has 0 aliphatic rings. The average Bonchev–Trinajstić information content (AvgIpc) is 2.78. The molecule has 0 radical (unpaired) electrons. The molecule has 30 heavy (non-hydrogen) atoms. The number of amides is 2. The van der Waals surface area contributed by atoms with Crippen molar-refractivity contribution in [3.05, 3.63) is 89.7 Å². The molecular weight excluding hydrogens is 387 g/mol. The monoisotopic (exact) mass is 408 g/mol. The summed E-state index contributed by atoms with van der Waals surface area (Å²) in [6, 6.07) is 19.8. The predicted octanol–water partition coefficient (Wildman–Crippen LogP) is 3.78. The van der Waals surface area contributed by atoms with Gasteiger partial charge in [-0.1, -0.05) is 42.5 Å². The summed E-state index contributed by atoms with van der Waals surface area (Å²) in [5.74, 6) is -0.511. The molecule has 0 saturated carbocycles. The predicted molar refractivity (Wildman–Crippen MR) is 111 cm³/mol. The van der Waals surface area contributed by atoms with Crippen molar-refractivity contribution in [1.29, 1.82) is 0 Å². The van der Waals surface area contributed by atoms with Gasteiger partial charge in [0.2, 0.25) is 0 Å². The van der Waals surface area contributed by atoms with Gasteiger partial charge < -0.3 is 20.1 Å². The maximum atomic E-state index is 13.6. The first kappa shape index (κ1) is 20.9. The smallest absolute Gasteiger partial charge is 0.262 e. The molecule has 6 nitrogen and oxygen atoms in total. The maximum Gasteiger partial charge on any atom is 0.262 e. The van der Waals surface area contributed by atoms with Crippen molar-refractivity contribution in [2.75, 3.05) is 19.0 Å². The summed E-state index contributed by atoms with van der Waals surface area (Å²) >= 11 is 0. The molecule has 0 heterocycles. The fourth-order valence-corrected chi connectivity index (χ4v) is 2.79. The number of carbonyl (C=O) groups is 2. The molecule has 0 aliphatic carbocycles. The Morgan fingerprint density at radius 1 is 0.900 bits per heavy atom. The molecule has 0 aliphatic heterocycles. The fraction of sp³-hybridized carbons (Fsp3) is 0.130. The number of rotatable bonds is 8. The minimum Gasteiger partial charge on any atom is -0.496 e. The molecule has 0 fully saturated rings. The van der Waals surface area contributed by atoms with Crippen LogP contribution in [0.15, 0.2) is 72.8 Å². The maximum absolute atomic E-state index is 13.6. The van der Waals surface area contributed by atoms with Gasteiger partial charge in [0.1, 0.15) is 17.3 Å². The van der Waals surface area contributed by atoms with E-state index in [9.17, 15) is 14.0 Å². The molecule has 0 aromatic heterocycles. The first-order valence-electron chi connectivity index (χ1n) is 9.25. The fourth-order valence-electron chi connectivity index (χ4n) is 2.79. The van der Waals surface area contributed by atoms with Crippen LogP contribution in [0, 0.1) is 5.82 Å². The van der Waals surface area contributed by atoms with Crippen molar-refractivity contribution in [2.24, 2.45) is 0 Å². The molecule has 2 N–H and O–H groups in total. The summed E-state index contributed by atoms with van der Waals surface area (Å²) in [5.41, 5.74) is 1.18. The normalized spacial score (nSPS) is 10.2. The second kappa shape index (κ2) is 10.1. The van der Waals surface area contributed by atoms with Crippen molar-refractivity contribution in [2.45, 2.75) is 6.54 Å². The highest BCUT2D eigenvalue weighted by Crippen LogP contribution is 2.20. The molecule has 3 rings (SSSR count). The van der Waals surface area contributed by atoms with Crippen LogP contribution in [0.5, 0.6) is 11.5 Å². The molecule has 3 aromatic carbocycles. The lowest BCUT2D eigenvalue weighted by molar-refractivity contribution is -0.118. The minimum atomic E-state index is -0.540. The summed E-state index contributed by atoms with van der Waals surface area (Å²) < 4.78 is 24.4. The number of methoxy groups -OCH3 is 1. The Kier molecular flexibility index (Phi) is 7.00. The number of para-hydroxylation sites is 3. The van der Waals surface area contributed by atoms with Gasteiger partial charge in [0.05, 0.1) is 18.4 Å². The number of nitrogens with one attached hydrogen (secondary N) is 2. The van der Waals surface area contributed by atoms with E-state index in [2.05, 4.69) is 10.6 Å². The Balaban J connectivity index is 1.61. The van der Waals surface area contributed by atoms with E-state index in [1.807, 2.05) is 24.3 Å². The Morgan fingerprint density at radius 2 is 1.57 bits per heavy atom. The number of hydrogen-bond acceptors (Lipinski definition) is 4. The van der Waals surface area contributed by atoms with Crippen LogP contribution in [-0.2, 0) is 11.3 Å². The van der Waals surface area contributed by atoms with E-state index < -0.39 is 11.7 Å². The third-order valence-electron chi connectivity index (χ3n) is 4.27. The number of hydrogen-bond donors (Lipinski definition) is 2. The Bertz CT molecular complexity index is 1040. The van der Waals surface area contributed by atoms with Crippen LogP contribution in [0.25, 0.3) is 0 Å². The third-order valence-corrected chi connectivity index (χ3v) is 4.27. The highest BCUT2D eigenvalue weighted by atomic mass is 19.1. The van der Waals surface area contributed by atoms with Gasteiger partial charge in [-0.05, 0) is 30.3 Å². The first-order valence-corrected chi connectivity index (χ1v) is 9.25. The highest BCUT2D eigenvalue weighted by molar-refractivity contribution is 5.97. The lowest BCUT2D eigenvalue weighted by Gasteiger charge is -2.13. The van der Waals surface area contributed by atoms with Gasteiger partial charge in [-0.25, -0.2) is 4.39 Å². The Morgan fingerprint density at radius 3 is 2.33 bits per heavy atom. The minimum absolute atomic E-state index is 0.0638. The Labute approximate surface area is 173 Å². The van der Waals surface area contributed by atoms with Gasteiger partial charge in [0.15, 0.2) is 6.61 Å². The molecule has 3 aromatic rings. The standard InChI is InChI=1S/C23H21FN2O4/c1-29-20-12-6-2-8-16(20)14-25-23(28)17-9-3-7-13-21(17)30-15-22(27)26-19-11-5-4-10-18(19)24/h2-13H,14-15H2,1H3,(H,25,28)(H,26,27). The average molecular weight is 408 g/mol. The summed E-state index contributed by atoms with van der Waals surface area (Å²) in [4.78, 5) is 24.7. The number of anilines is 1. The summed E-state index contributed by atoms with van der Waals surface area (Å²) in [7, 11) is 1.57. The lowest BCUT2D eigenvalue weighted by Crippen LogP contribution is -2.25. The van der Waals surface area contributed by atoms with Gasteiger partial charge in [-0.2, -0.15) is 0 Å². The number of halogens is 1. The molecular formula is C23H21FN2O4. The van der Waals surface area contributed by atoms with Crippen molar-refractivity contribution in [1.82, 2.24) is 5.32 Å². The SMILES string of the molecule is COc1ccccc1CNC(=O)c1ccccc1OCC(=O)Nc1ccccc1F. The third kappa shape index (κ3) is 5.35. The van der Waals surface area contributed by atoms with E-state index in [0.29, 0.717) is 5.75 Å². The van der Waals surface area contributed by atoms with E-state index in [0.717, 1.165) is 5.56 Å². The quantitative estimate of drug-likeness (QED) is 0.595. The van der Waals surface area contributed by atoms with Crippen LogP contribution in [0.1, 0.15) is 15.9 Å². The Hall–Kier alpha value is -3.87. The second-order valence-electron chi connectivity index (χ2n) is 6.31. The molecule has 0 unspecified atom stereocenters. The second-order valence-corrected chi connectivity index (χ2v) is 6.31. The van der Waals surface area contributed by atoms with Gasteiger partial charge in [-0.15, -0.1) is 0 Å². The van der Waals surface area contributed by atoms with Crippen LogP contribution in [0.3, 0.4) is 0 Å². The molecule has 0 atom stereocenters.